The van der Waals surface area contributed by atoms with Gasteiger partial charge in [0.1, 0.15) is 5.82 Å². The predicted molar refractivity (Wildman–Crippen MR) is 95.4 cm³/mol. The molecule has 6 nitrogen and oxygen atoms in total. The molecule has 0 aliphatic carbocycles. The van der Waals surface area contributed by atoms with Crippen molar-refractivity contribution in [2.45, 2.75) is 0 Å². The van der Waals surface area contributed by atoms with Gasteiger partial charge >= 0.3 is 0 Å². The smallest absolute Gasteiger partial charge is 0.174 e. The van der Waals surface area contributed by atoms with Gasteiger partial charge in [0.05, 0.1) is 43.9 Å². The van der Waals surface area contributed by atoms with Crippen molar-refractivity contribution in [2.24, 2.45) is 0 Å². The number of nitrogens with zero attached hydrogens (tertiary/aromatic N) is 1. The minimum Gasteiger partial charge on any atom is -0.493 e. The van der Waals surface area contributed by atoms with E-state index in [1.165, 1.54) is 0 Å². The molecule has 2 aromatic carbocycles. The zero-order valence-corrected chi connectivity index (χ0v) is 15.4. The van der Waals surface area contributed by atoms with E-state index in [-0.39, 0.29) is 0 Å². The van der Waals surface area contributed by atoms with E-state index in [1.807, 2.05) is 24.3 Å². The maximum Gasteiger partial charge on any atom is 0.174 e. The molecule has 0 amide bonds. The zero-order chi connectivity index (χ0) is 17.3. The molecule has 1 N–H and O–H groups in total. The Morgan fingerprint density at radius 2 is 1.50 bits per heavy atom. The third kappa shape index (κ3) is 2.75. The molecule has 3 rings (SSSR count). The molecule has 0 atom stereocenters. The van der Waals surface area contributed by atoms with Crippen LogP contribution in [0.3, 0.4) is 0 Å². The van der Waals surface area contributed by atoms with Gasteiger partial charge in [-0.15, -0.1) is 0 Å². The van der Waals surface area contributed by atoms with Gasteiger partial charge in [-0.2, -0.15) is 0 Å². The van der Waals surface area contributed by atoms with E-state index in [2.05, 4.69) is 25.9 Å². The Labute approximate surface area is 147 Å². The molecule has 0 aliphatic rings. The van der Waals surface area contributed by atoms with Gasteiger partial charge in [0.25, 0.3) is 0 Å². The zero-order valence-electron chi connectivity index (χ0n) is 13.8. The Bertz CT molecular complexity index is 851. The Hall–Kier alpha value is -2.41. The van der Waals surface area contributed by atoms with Gasteiger partial charge < -0.3 is 23.9 Å². The van der Waals surface area contributed by atoms with E-state index >= 15 is 0 Å². The lowest BCUT2D eigenvalue weighted by atomic mass is 10.2. The van der Waals surface area contributed by atoms with Gasteiger partial charge in [0.2, 0.25) is 0 Å². The molecule has 1 heterocycles. The van der Waals surface area contributed by atoms with Crippen LogP contribution in [0.25, 0.3) is 22.4 Å². The number of rotatable bonds is 5. The van der Waals surface area contributed by atoms with Crippen LogP contribution in [0.2, 0.25) is 0 Å². The van der Waals surface area contributed by atoms with Crippen LogP contribution in [-0.4, -0.2) is 38.4 Å². The molecule has 1 aromatic heterocycles. The number of fused-ring (bicyclic) bond motifs is 1. The van der Waals surface area contributed by atoms with Crippen molar-refractivity contribution in [3.05, 3.63) is 28.7 Å². The van der Waals surface area contributed by atoms with Crippen molar-refractivity contribution in [1.29, 1.82) is 0 Å². The molecular formula is C17H17BrN2O4. The van der Waals surface area contributed by atoms with Crippen LogP contribution < -0.4 is 18.9 Å². The van der Waals surface area contributed by atoms with Gasteiger partial charge in [-0.3, -0.25) is 0 Å². The van der Waals surface area contributed by atoms with Crippen molar-refractivity contribution < 1.29 is 18.9 Å². The molecule has 0 bridgehead atoms. The van der Waals surface area contributed by atoms with Gasteiger partial charge in [0.15, 0.2) is 23.0 Å². The van der Waals surface area contributed by atoms with Crippen LogP contribution in [0, 0.1) is 0 Å². The molecule has 7 heteroatoms. The van der Waals surface area contributed by atoms with E-state index in [0.29, 0.717) is 28.8 Å². The van der Waals surface area contributed by atoms with Crippen LogP contribution >= 0.6 is 15.9 Å². The van der Waals surface area contributed by atoms with Crippen molar-refractivity contribution in [3.8, 4) is 34.4 Å². The number of imidazole rings is 1. The number of H-pyrrole nitrogens is 1. The SMILES string of the molecule is COc1cc2nc(-c3cc(Br)c(OC)c(OC)c3)[nH]c2cc1OC. The average Bonchev–Trinajstić information content (AvgIpc) is 3.02. The number of benzene rings is 2. The molecule has 3 aromatic rings. The number of hydrogen-bond acceptors (Lipinski definition) is 5. The van der Waals surface area contributed by atoms with E-state index in [9.17, 15) is 0 Å². The predicted octanol–water partition coefficient (Wildman–Crippen LogP) is 4.03. The van der Waals surface area contributed by atoms with Crippen LogP contribution in [0.15, 0.2) is 28.7 Å². The van der Waals surface area contributed by atoms with Gasteiger partial charge in [-0.25, -0.2) is 4.98 Å². The fourth-order valence-electron chi connectivity index (χ4n) is 2.53. The highest BCUT2D eigenvalue weighted by molar-refractivity contribution is 9.10. The first-order valence-corrected chi connectivity index (χ1v) is 7.94. The summed E-state index contributed by atoms with van der Waals surface area (Å²) in [4.78, 5) is 7.92. The van der Waals surface area contributed by atoms with Crippen LogP contribution in [0.5, 0.6) is 23.0 Å². The highest BCUT2D eigenvalue weighted by Gasteiger charge is 2.15. The molecule has 0 saturated heterocycles. The second kappa shape index (κ2) is 6.60. The van der Waals surface area contributed by atoms with Crippen LogP contribution in [0.4, 0.5) is 0 Å². The first-order valence-electron chi connectivity index (χ1n) is 7.15. The maximum absolute atomic E-state index is 5.39. The Morgan fingerprint density at radius 1 is 0.833 bits per heavy atom. The fraction of sp³-hybridized carbons (Fsp3) is 0.235. The van der Waals surface area contributed by atoms with Gasteiger partial charge in [-0.1, -0.05) is 0 Å². The monoisotopic (exact) mass is 392 g/mol. The number of aromatic nitrogens is 2. The molecular weight excluding hydrogens is 376 g/mol. The van der Waals surface area contributed by atoms with Crippen molar-refractivity contribution in [3.63, 3.8) is 0 Å². The minimum atomic E-state index is 0.623. The Morgan fingerprint density at radius 3 is 2.12 bits per heavy atom. The lowest BCUT2D eigenvalue weighted by Crippen LogP contribution is -1.93. The Kier molecular flexibility index (Phi) is 4.53. The van der Waals surface area contributed by atoms with Gasteiger partial charge in [-0.05, 0) is 28.1 Å². The summed E-state index contributed by atoms with van der Waals surface area (Å²) in [5.41, 5.74) is 2.51. The molecule has 0 unspecified atom stereocenters. The molecule has 126 valence electrons. The quantitative estimate of drug-likeness (QED) is 0.709. The third-order valence-electron chi connectivity index (χ3n) is 3.69. The normalized spacial score (nSPS) is 10.7. The molecule has 0 spiro atoms. The fourth-order valence-corrected chi connectivity index (χ4v) is 3.13. The van der Waals surface area contributed by atoms with E-state index in [1.54, 1.807) is 28.4 Å². The van der Waals surface area contributed by atoms with Crippen molar-refractivity contribution >= 4 is 27.0 Å². The van der Waals surface area contributed by atoms with Crippen molar-refractivity contribution in [1.82, 2.24) is 9.97 Å². The summed E-state index contributed by atoms with van der Waals surface area (Å²) < 4.78 is 22.2. The first-order chi connectivity index (χ1) is 11.6. The second-order valence-electron chi connectivity index (χ2n) is 5.00. The minimum absolute atomic E-state index is 0.623. The standard InChI is InChI=1S/C17H17BrN2O4/c1-21-13-7-11-12(8-14(13)22-2)20-17(19-11)9-5-10(18)16(24-4)15(6-9)23-3/h5-8H,1-4H3,(H,19,20). The van der Waals surface area contributed by atoms with E-state index in [0.717, 1.165) is 21.1 Å². The van der Waals surface area contributed by atoms with Crippen LogP contribution in [-0.2, 0) is 0 Å². The number of aromatic amines is 1. The number of ether oxygens (including phenoxy) is 4. The Balaban J connectivity index is 2.14. The maximum atomic E-state index is 5.39. The van der Waals surface area contributed by atoms with Crippen LogP contribution in [0.1, 0.15) is 0 Å². The van der Waals surface area contributed by atoms with Gasteiger partial charge in [0, 0.05) is 17.7 Å². The van der Waals surface area contributed by atoms with E-state index < -0.39 is 0 Å². The first kappa shape index (κ1) is 16.4. The van der Waals surface area contributed by atoms with E-state index in [4.69, 9.17) is 18.9 Å². The second-order valence-corrected chi connectivity index (χ2v) is 5.86. The lowest BCUT2D eigenvalue weighted by molar-refractivity contribution is 0.353. The highest BCUT2D eigenvalue weighted by Crippen LogP contribution is 2.39. The molecule has 24 heavy (non-hydrogen) atoms. The molecule has 0 fully saturated rings. The number of methoxy groups -OCH3 is 4. The molecule has 0 aliphatic heterocycles. The summed E-state index contributed by atoms with van der Waals surface area (Å²) in [6.45, 7) is 0. The number of hydrogen-bond donors (Lipinski definition) is 1. The summed E-state index contributed by atoms with van der Waals surface area (Å²) in [5, 5.41) is 0. The number of nitrogens with one attached hydrogen (secondary N) is 1. The molecule has 0 saturated carbocycles. The third-order valence-corrected chi connectivity index (χ3v) is 4.28. The lowest BCUT2D eigenvalue weighted by Gasteiger charge is -2.10. The summed E-state index contributed by atoms with van der Waals surface area (Å²) in [7, 11) is 6.40. The topological polar surface area (TPSA) is 65.6 Å². The summed E-state index contributed by atoms with van der Waals surface area (Å²) >= 11 is 3.50. The largest absolute Gasteiger partial charge is 0.493 e. The van der Waals surface area contributed by atoms with Crippen molar-refractivity contribution in [2.75, 3.05) is 28.4 Å². The molecule has 0 radical (unpaired) electrons. The summed E-state index contributed by atoms with van der Waals surface area (Å²) in [5.74, 6) is 3.25. The summed E-state index contributed by atoms with van der Waals surface area (Å²) in [6, 6.07) is 7.49. The highest BCUT2D eigenvalue weighted by atomic mass is 79.9. The number of halogens is 1. The summed E-state index contributed by atoms with van der Waals surface area (Å²) in [6.07, 6.45) is 0. The average molecular weight is 393 g/mol.